The molecule has 2 aromatic rings. The number of nitrogens with one attached hydrogen (secondary N) is 1. The maximum absolute atomic E-state index is 11.3. The molecule has 1 fully saturated rings. The molecule has 3 rings (SSSR count). The molecule has 1 aliphatic carbocycles. The standard InChI is InChI=1S/C14H15N3O3/c1-20-9-6-8(7-9)15-12-10-4-2-3-5-11(10)16-17-13(12)14(18)19/h2-5,8-9H,6-7H2,1H3,(H,15,16)(H,18,19). The normalized spacial score (nSPS) is 21.4. The molecule has 1 heterocycles. The van der Waals surface area contributed by atoms with Gasteiger partial charge in [-0.1, -0.05) is 18.2 Å². The van der Waals surface area contributed by atoms with E-state index in [1.807, 2.05) is 24.3 Å². The van der Waals surface area contributed by atoms with Crippen molar-refractivity contribution in [1.29, 1.82) is 0 Å². The quantitative estimate of drug-likeness (QED) is 0.885. The summed E-state index contributed by atoms with van der Waals surface area (Å²) in [6.45, 7) is 0. The number of fused-ring (bicyclic) bond motifs is 1. The average molecular weight is 273 g/mol. The van der Waals surface area contributed by atoms with Gasteiger partial charge in [0.15, 0.2) is 5.69 Å². The summed E-state index contributed by atoms with van der Waals surface area (Å²) in [6.07, 6.45) is 1.99. The fourth-order valence-electron chi connectivity index (χ4n) is 2.43. The second-order valence-electron chi connectivity index (χ2n) is 4.92. The van der Waals surface area contributed by atoms with Crippen LogP contribution in [-0.2, 0) is 4.74 Å². The zero-order valence-electron chi connectivity index (χ0n) is 11.0. The highest BCUT2D eigenvalue weighted by molar-refractivity contribution is 6.02. The van der Waals surface area contributed by atoms with Crippen LogP contribution in [0.4, 0.5) is 5.69 Å². The van der Waals surface area contributed by atoms with E-state index >= 15 is 0 Å². The third kappa shape index (κ3) is 2.18. The molecule has 0 saturated heterocycles. The zero-order valence-corrected chi connectivity index (χ0v) is 11.0. The van der Waals surface area contributed by atoms with Crippen LogP contribution < -0.4 is 5.32 Å². The Morgan fingerprint density at radius 3 is 2.80 bits per heavy atom. The molecule has 0 radical (unpaired) electrons. The minimum Gasteiger partial charge on any atom is -0.476 e. The fourth-order valence-corrected chi connectivity index (χ4v) is 2.43. The van der Waals surface area contributed by atoms with Crippen molar-refractivity contribution < 1.29 is 14.6 Å². The Balaban J connectivity index is 1.98. The molecule has 20 heavy (non-hydrogen) atoms. The van der Waals surface area contributed by atoms with E-state index in [1.54, 1.807) is 7.11 Å². The van der Waals surface area contributed by atoms with E-state index in [0.29, 0.717) is 11.2 Å². The number of nitrogens with zero attached hydrogens (tertiary/aromatic N) is 2. The summed E-state index contributed by atoms with van der Waals surface area (Å²) in [7, 11) is 1.69. The number of hydrogen-bond donors (Lipinski definition) is 2. The highest BCUT2D eigenvalue weighted by Crippen LogP contribution is 2.31. The van der Waals surface area contributed by atoms with Crippen molar-refractivity contribution in [1.82, 2.24) is 10.2 Å². The lowest BCUT2D eigenvalue weighted by Crippen LogP contribution is -2.40. The Kier molecular flexibility index (Phi) is 3.23. The first-order chi connectivity index (χ1) is 9.69. The lowest BCUT2D eigenvalue weighted by atomic mass is 9.89. The zero-order chi connectivity index (χ0) is 14.1. The molecule has 0 unspecified atom stereocenters. The Labute approximate surface area is 115 Å². The van der Waals surface area contributed by atoms with Crippen LogP contribution in [0.3, 0.4) is 0 Å². The predicted molar refractivity (Wildman–Crippen MR) is 73.9 cm³/mol. The Morgan fingerprint density at radius 2 is 2.10 bits per heavy atom. The Bertz CT molecular complexity index is 653. The summed E-state index contributed by atoms with van der Waals surface area (Å²) in [5, 5.41) is 21.1. The summed E-state index contributed by atoms with van der Waals surface area (Å²) in [5.74, 6) is -1.08. The summed E-state index contributed by atoms with van der Waals surface area (Å²) < 4.78 is 5.23. The van der Waals surface area contributed by atoms with Crippen LogP contribution >= 0.6 is 0 Å². The topological polar surface area (TPSA) is 84.3 Å². The van der Waals surface area contributed by atoms with Gasteiger partial charge in [-0.25, -0.2) is 4.79 Å². The van der Waals surface area contributed by atoms with Crippen LogP contribution in [0.25, 0.3) is 10.9 Å². The molecule has 6 heteroatoms. The molecule has 0 atom stereocenters. The highest BCUT2D eigenvalue weighted by atomic mass is 16.5. The van der Waals surface area contributed by atoms with Gasteiger partial charge in [0.2, 0.25) is 0 Å². The Hall–Kier alpha value is -2.21. The molecular weight excluding hydrogens is 258 g/mol. The van der Waals surface area contributed by atoms with Crippen LogP contribution in [0, 0.1) is 0 Å². The number of rotatable bonds is 4. The van der Waals surface area contributed by atoms with E-state index in [-0.39, 0.29) is 17.8 Å². The van der Waals surface area contributed by atoms with E-state index in [2.05, 4.69) is 15.5 Å². The van der Waals surface area contributed by atoms with Crippen molar-refractivity contribution in [3.05, 3.63) is 30.0 Å². The second kappa shape index (κ2) is 5.05. The predicted octanol–water partition coefficient (Wildman–Crippen LogP) is 1.92. The number of carboxylic acids is 1. The number of hydrogen-bond acceptors (Lipinski definition) is 5. The van der Waals surface area contributed by atoms with Gasteiger partial charge >= 0.3 is 5.97 Å². The van der Waals surface area contributed by atoms with E-state index in [0.717, 1.165) is 18.2 Å². The molecule has 0 aliphatic heterocycles. The highest BCUT2D eigenvalue weighted by Gasteiger charge is 2.30. The van der Waals surface area contributed by atoms with Crippen LogP contribution in [-0.4, -0.2) is 40.5 Å². The lowest BCUT2D eigenvalue weighted by molar-refractivity contribution is 0.0328. The van der Waals surface area contributed by atoms with Crippen molar-refractivity contribution in [2.75, 3.05) is 12.4 Å². The maximum atomic E-state index is 11.3. The van der Waals surface area contributed by atoms with Crippen molar-refractivity contribution in [3.63, 3.8) is 0 Å². The second-order valence-corrected chi connectivity index (χ2v) is 4.92. The van der Waals surface area contributed by atoms with Gasteiger partial charge in [-0.15, -0.1) is 10.2 Å². The van der Waals surface area contributed by atoms with Crippen molar-refractivity contribution in [2.24, 2.45) is 0 Å². The van der Waals surface area contributed by atoms with E-state index in [1.165, 1.54) is 0 Å². The molecule has 0 amide bonds. The SMILES string of the molecule is COC1CC(Nc2c(C(=O)O)nnc3ccccc23)C1. The van der Waals surface area contributed by atoms with E-state index in [4.69, 9.17) is 4.74 Å². The number of anilines is 1. The molecule has 104 valence electrons. The minimum absolute atomic E-state index is 0.0374. The lowest BCUT2D eigenvalue weighted by Gasteiger charge is -2.35. The largest absolute Gasteiger partial charge is 0.476 e. The maximum Gasteiger partial charge on any atom is 0.358 e. The number of carbonyl (C=O) groups is 1. The molecule has 1 saturated carbocycles. The van der Waals surface area contributed by atoms with Crippen LogP contribution in [0.15, 0.2) is 24.3 Å². The van der Waals surface area contributed by atoms with E-state index in [9.17, 15) is 9.90 Å². The van der Waals surface area contributed by atoms with Gasteiger partial charge in [0.25, 0.3) is 0 Å². The number of ether oxygens (including phenoxy) is 1. The van der Waals surface area contributed by atoms with Crippen LogP contribution in [0.5, 0.6) is 0 Å². The van der Waals surface area contributed by atoms with Crippen molar-refractivity contribution in [2.45, 2.75) is 25.0 Å². The van der Waals surface area contributed by atoms with E-state index < -0.39 is 5.97 Å². The Morgan fingerprint density at radius 1 is 1.35 bits per heavy atom. The number of aromatic carboxylic acids is 1. The molecule has 6 nitrogen and oxygen atoms in total. The summed E-state index contributed by atoms with van der Waals surface area (Å²) in [6, 6.07) is 7.60. The van der Waals surface area contributed by atoms with Gasteiger partial charge in [-0.05, 0) is 18.9 Å². The molecule has 2 N–H and O–H groups in total. The van der Waals surface area contributed by atoms with Gasteiger partial charge in [0, 0.05) is 18.5 Å². The van der Waals surface area contributed by atoms with Gasteiger partial charge in [-0.3, -0.25) is 0 Å². The smallest absolute Gasteiger partial charge is 0.358 e. The fraction of sp³-hybridized carbons (Fsp3) is 0.357. The molecule has 0 spiro atoms. The number of methoxy groups -OCH3 is 1. The molecule has 1 aromatic carbocycles. The first-order valence-electron chi connectivity index (χ1n) is 6.47. The van der Waals surface area contributed by atoms with Crippen molar-refractivity contribution >= 4 is 22.6 Å². The third-order valence-corrected chi connectivity index (χ3v) is 3.65. The minimum atomic E-state index is -1.08. The number of benzene rings is 1. The number of carboxylic acid groups (broad SMARTS) is 1. The number of aromatic nitrogens is 2. The van der Waals surface area contributed by atoms with Gasteiger partial charge < -0.3 is 15.2 Å². The molecule has 1 aromatic heterocycles. The van der Waals surface area contributed by atoms with Crippen molar-refractivity contribution in [3.8, 4) is 0 Å². The summed E-state index contributed by atoms with van der Waals surface area (Å²) >= 11 is 0. The van der Waals surface area contributed by atoms with Crippen LogP contribution in [0.1, 0.15) is 23.3 Å². The molecule has 0 bridgehead atoms. The molecular formula is C14H15N3O3. The first kappa shape index (κ1) is 12.8. The molecule has 1 aliphatic rings. The third-order valence-electron chi connectivity index (χ3n) is 3.65. The van der Waals surface area contributed by atoms with Crippen LogP contribution in [0.2, 0.25) is 0 Å². The van der Waals surface area contributed by atoms with Gasteiger partial charge in [0.1, 0.15) is 0 Å². The van der Waals surface area contributed by atoms with Gasteiger partial charge in [0.05, 0.1) is 17.3 Å². The monoisotopic (exact) mass is 273 g/mol. The average Bonchev–Trinajstić information content (AvgIpc) is 2.41. The summed E-state index contributed by atoms with van der Waals surface area (Å²) in [5.41, 5.74) is 1.19. The first-order valence-corrected chi connectivity index (χ1v) is 6.47. The van der Waals surface area contributed by atoms with Gasteiger partial charge in [-0.2, -0.15) is 0 Å². The summed E-state index contributed by atoms with van der Waals surface area (Å²) in [4.78, 5) is 11.3.